The summed E-state index contributed by atoms with van der Waals surface area (Å²) in [6, 6.07) is 0. The molecule has 1 aliphatic rings. The Morgan fingerprint density at radius 3 is 2.58 bits per heavy atom. The van der Waals surface area contributed by atoms with Gasteiger partial charge in [0.05, 0.1) is 12.2 Å². The molecule has 1 rings (SSSR count). The summed E-state index contributed by atoms with van der Waals surface area (Å²) < 4.78 is 4.92. The highest BCUT2D eigenvalue weighted by Crippen LogP contribution is 2.19. The summed E-state index contributed by atoms with van der Waals surface area (Å²) in [5, 5.41) is 26.9. The SMILES string of the molecule is CC1CC(O)[C@H](O)C(C(=O)O)O1. The molecule has 1 aliphatic heterocycles. The molecule has 0 aliphatic carbocycles. The van der Waals surface area contributed by atoms with Gasteiger partial charge in [-0.25, -0.2) is 4.79 Å². The third-order valence-electron chi connectivity index (χ3n) is 1.90. The third kappa shape index (κ3) is 1.74. The standard InChI is InChI=1S/C7H12O5/c1-3-2-4(8)5(9)6(12-3)7(10)11/h3-6,8-9H,2H2,1H3,(H,10,11)/t3?,4?,5-,6?/m0/s1. The Bertz CT molecular complexity index is 181. The molecule has 0 bridgehead atoms. The Balaban J connectivity index is 2.66. The van der Waals surface area contributed by atoms with Crippen LogP contribution in [0.4, 0.5) is 0 Å². The van der Waals surface area contributed by atoms with Gasteiger partial charge in [-0.15, -0.1) is 0 Å². The van der Waals surface area contributed by atoms with Gasteiger partial charge in [-0.2, -0.15) is 0 Å². The topological polar surface area (TPSA) is 87.0 Å². The lowest BCUT2D eigenvalue weighted by Gasteiger charge is -2.33. The lowest BCUT2D eigenvalue weighted by atomic mass is 9.99. The zero-order chi connectivity index (χ0) is 9.30. The van der Waals surface area contributed by atoms with Crippen molar-refractivity contribution < 1.29 is 24.9 Å². The molecule has 5 nitrogen and oxygen atoms in total. The highest BCUT2D eigenvalue weighted by Gasteiger charge is 2.39. The van der Waals surface area contributed by atoms with E-state index in [0.717, 1.165) is 0 Å². The minimum absolute atomic E-state index is 0.269. The fourth-order valence-electron chi connectivity index (χ4n) is 1.27. The number of rotatable bonds is 1. The number of hydrogen-bond donors (Lipinski definition) is 3. The first-order valence-electron chi connectivity index (χ1n) is 3.76. The van der Waals surface area contributed by atoms with Crippen molar-refractivity contribution in [3.63, 3.8) is 0 Å². The second kappa shape index (κ2) is 3.38. The lowest BCUT2D eigenvalue weighted by molar-refractivity contribution is -0.190. The molecule has 1 heterocycles. The Labute approximate surface area is 69.6 Å². The van der Waals surface area contributed by atoms with E-state index in [1.165, 1.54) is 0 Å². The van der Waals surface area contributed by atoms with Crippen LogP contribution in [0, 0.1) is 0 Å². The Hall–Kier alpha value is -0.650. The normalized spacial score (nSPS) is 42.6. The van der Waals surface area contributed by atoms with Crippen LogP contribution in [0.15, 0.2) is 0 Å². The number of aliphatic hydroxyl groups excluding tert-OH is 2. The monoisotopic (exact) mass is 176 g/mol. The molecule has 1 saturated heterocycles. The first kappa shape index (κ1) is 9.44. The van der Waals surface area contributed by atoms with Crippen LogP contribution < -0.4 is 0 Å². The van der Waals surface area contributed by atoms with Crippen molar-refractivity contribution in [1.82, 2.24) is 0 Å². The van der Waals surface area contributed by atoms with Gasteiger partial charge in [-0.1, -0.05) is 0 Å². The summed E-state index contributed by atoms with van der Waals surface area (Å²) in [5.74, 6) is -1.24. The van der Waals surface area contributed by atoms with Crippen LogP contribution >= 0.6 is 0 Å². The molecule has 70 valence electrons. The molecule has 3 N–H and O–H groups in total. The van der Waals surface area contributed by atoms with E-state index >= 15 is 0 Å². The maximum atomic E-state index is 10.5. The fraction of sp³-hybridized carbons (Fsp3) is 0.857. The number of carboxylic acid groups (broad SMARTS) is 1. The smallest absolute Gasteiger partial charge is 0.335 e. The van der Waals surface area contributed by atoms with E-state index in [1.54, 1.807) is 6.92 Å². The number of ether oxygens (including phenoxy) is 1. The number of hydrogen-bond acceptors (Lipinski definition) is 4. The van der Waals surface area contributed by atoms with Crippen molar-refractivity contribution in [1.29, 1.82) is 0 Å². The number of carbonyl (C=O) groups is 1. The van der Waals surface area contributed by atoms with Gasteiger partial charge >= 0.3 is 5.97 Å². The van der Waals surface area contributed by atoms with Crippen LogP contribution in [0.5, 0.6) is 0 Å². The summed E-state index contributed by atoms with van der Waals surface area (Å²) in [6.07, 6.45) is -3.69. The first-order valence-corrected chi connectivity index (χ1v) is 3.76. The molecule has 0 spiro atoms. The summed E-state index contributed by atoms with van der Waals surface area (Å²) in [7, 11) is 0. The molecule has 0 aromatic carbocycles. The summed E-state index contributed by atoms with van der Waals surface area (Å²) in [6.45, 7) is 1.66. The second-order valence-electron chi connectivity index (χ2n) is 3.00. The van der Waals surface area contributed by atoms with Crippen molar-refractivity contribution in [2.45, 2.75) is 37.8 Å². The van der Waals surface area contributed by atoms with Gasteiger partial charge in [0.25, 0.3) is 0 Å². The summed E-state index contributed by atoms with van der Waals surface area (Å²) in [5.41, 5.74) is 0. The predicted molar refractivity (Wildman–Crippen MR) is 38.6 cm³/mol. The van der Waals surface area contributed by atoms with Gasteiger partial charge in [-0.05, 0) is 6.92 Å². The van der Waals surface area contributed by atoms with Gasteiger partial charge in [0, 0.05) is 6.42 Å². The summed E-state index contributed by atoms with van der Waals surface area (Å²) in [4.78, 5) is 10.5. The highest BCUT2D eigenvalue weighted by atomic mass is 16.5. The quantitative estimate of drug-likeness (QED) is 0.475. The molecule has 0 saturated carbocycles. The predicted octanol–water partition coefficient (Wildman–Crippen LogP) is -1.03. The average molecular weight is 176 g/mol. The minimum Gasteiger partial charge on any atom is -0.479 e. The van der Waals surface area contributed by atoms with E-state index in [-0.39, 0.29) is 12.5 Å². The van der Waals surface area contributed by atoms with Crippen molar-refractivity contribution >= 4 is 5.97 Å². The van der Waals surface area contributed by atoms with Crippen molar-refractivity contribution in [2.75, 3.05) is 0 Å². The molecule has 1 fully saturated rings. The molecule has 0 aromatic heterocycles. The molecule has 0 amide bonds. The second-order valence-corrected chi connectivity index (χ2v) is 3.00. The largest absolute Gasteiger partial charge is 0.479 e. The maximum absolute atomic E-state index is 10.5. The Morgan fingerprint density at radius 2 is 2.08 bits per heavy atom. The van der Waals surface area contributed by atoms with Crippen molar-refractivity contribution in [2.24, 2.45) is 0 Å². The van der Waals surface area contributed by atoms with Crippen LogP contribution in [0.25, 0.3) is 0 Å². The average Bonchev–Trinajstić information content (AvgIpc) is 1.96. The number of aliphatic carboxylic acids is 1. The van der Waals surface area contributed by atoms with Crippen LogP contribution in [0.2, 0.25) is 0 Å². The summed E-state index contributed by atoms with van der Waals surface area (Å²) >= 11 is 0. The number of aliphatic hydroxyl groups is 2. The van der Waals surface area contributed by atoms with E-state index in [1.807, 2.05) is 0 Å². The van der Waals surface area contributed by atoms with E-state index in [0.29, 0.717) is 0 Å². The van der Waals surface area contributed by atoms with Crippen LogP contribution in [-0.4, -0.2) is 45.7 Å². The molecule has 0 aromatic rings. The van der Waals surface area contributed by atoms with Crippen LogP contribution in [0.1, 0.15) is 13.3 Å². The minimum atomic E-state index is -1.32. The Morgan fingerprint density at radius 1 is 1.50 bits per heavy atom. The number of carboxylic acids is 1. The zero-order valence-electron chi connectivity index (χ0n) is 6.67. The van der Waals surface area contributed by atoms with Crippen LogP contribution in [-0.2, 0) is 9.53 Å². The highest BCUT2D eigenvalue weighted by molar-refractivity contribution is 5.73. The molecule has 0 radical (unpaired) electrons. The van der Waals surface area contributed by atoms with Gasteiger partial charge < -0.3 is 20.1 Å². The first-order chi connectivity index (χ1) is 5.52. The fourth-order valence-corrected chi connectivity index (χ4v) is 1.27. The molecular weight excluding hydrogens is 164 g/mol. The van der Waals surface area contributed by atoms with Gasteiger partial charge in [0.15, 0.2) is 6.10 Å². The van der Waals surface area contributed by atoms with Gasteiger partial charge in [0.1, 0.15) is 6.10 Å². The van der Waals surface area contributed by atoms with E-state index in [4.69, 9.17) is 14.9 Å². The van der Waals surface area contributed by atoms with Crippen molar-refractivity contribution in [3.05, 3.63) is 0 Å². The maximum Gasteiger partial charge on any atom is 0.335 e. The van der Waals surface area contributed by atoms with Gasteiger partial charge in [0.2, 0.25) is 0 Å². The molecule has 4 atom stereocenters. The Kier molecular flexibility index (Phi) is 2.66. The van der Waals surface area contributed by atoms with E-state index < -0.39 is 24.3 Å². The molecule has 3 unspecified atom stereocenters. The zero-order valence-corrected chi connectivity index (χ0v) is 6.67. The molecule has 12 heavy (non-hydrogen) atoms. The van der Waals surface area contributed by atoms with E-state index in [2.05, 4.69) is 0 Å². The molecular formula is C7H12O5. The van der Waals surface area contributed by atoms with Gasteiger partial charge in [-0.3, -0.25) is 0 Å². The van der Waals surface area contributed by atoms with E-state index in [9.17, 15) is 9.90 Å². The third-order valence-corrected chi connectivity index (χ3v) is 1.90. The molecule has 5 heteroatoms. The lowest BCUT2D eigenvalue weighted by Crippen LogP contribution is -2.51. The van der Waals surface area contributed by atoms with Crippen molar-refractivity contribution in [3.8, 4) is 0 Å². The van der Waals surface area contributed by atoms with Crippen LogP contribution in [0.3, 0.4) is 0 Å².